The molecule has 5 heteroatoms. The van der Waals surface area contributed by atoms with Crippen LogP contribution in [-0.4, -0.2) is 30.2 Å². The van der Waals surface area contributed by atoms with E-state index in [1.807, 2.05) is 13.8 Å². The minimum absolute atomic E-state index is 0.0972. The lowest BCUT2D eigenvalue weighted by Gasteiger charge is -2.11. The van der Waals surface area contributed by atoms with Crippen LogP contribution in [0.2, 0.25) is 0 Å². The SMILES string of the molecule is CNc1cc(OC(C)C)nc(COC)n1. The van der Waals surface area contributed by atoms with Gasteiger partial charge in [0.15, 0.2) is 5.82 Å². The van der Waals surface area contributed by atoms with Gasteiger partial charge in [0.2, 0.25) is 5.88 Å². The molecule has 5 nitrogen and oxygen atoms in total. The van der Waals surface area contributed by atoms with E-state index < -0.39 is 0 Å². The van der Waals surface area contributed by atoms with Crippen LogP contribution in [-0.2, 0) is 11.3 Å². The topological polar surface area (TPSA) is 56.3 Å². The number of hydrogen-bond acceptors (Lipinski definition) is 5. The van der Waals surface area contributed by atoms with Crippen molar-refractivity contribution >= 4 is 5.82 Å². The van der Waals surface area contributed by atoms with Crippen molar-refractivity contribution in [1.82, 2.24) is 9.97 Å². The van der Waals surface area contributed by atoms with E-state index in [0.29, 0.717) is 18.3 Å². The molecule has 0 aliphatic carbocycles. The zero-order chi connectivity index (χ0) is 11.3. The van der Waals surface area contributed by atoms with E-state index in [9.17, 15) is 0 Å². The van der Waals surface area contributed by atoms with Crippen LogP contribution < -0.4 is 10.1 Å². The molecule has 15 heavy (non-hydrogen) atoms. The van der Waals surface area contributed by atoms with Gasteiger partial charge < -0.3 is 14.8 Å². The summed E-state index contributed by atoms with van der Waals surface area (Å²) in [5.41, 5.74) is 0. The highest BCUT2D eigenvalue weighted by molar-refractivity contribution is 5.37. The zero-order valence-electron chi connectivity index (χ0n) is 9.57. The van der Waals surface area contributed by atoms with Gasteiger partial charge in [-0.25, -0.2) is 4.98 Å². The Morgan fingerprint density at radius 1 is 1.40 bits per heavy atom. The number of anilines is 1. The first-order valence-electron chi connectivity index (χ1n) is 4.87. The number of nitrogens with zero attached hydrogens (tertiary/aromatic N) is 2. The largest absolute Gasteiger partial charge is 0.475 e. The van der Waals surface area contributed by atoms with Crippen LogP contribution in [0.25, 0.3) is 0 Å². The quantitative estimate of drug-likeness (QED) is 0.799. The lowest BCUT2D eigenvalue weighted by atomic mass is 10.4. The summed E-state index contributed by atoms with van der Waals surface area (Å²) in [5.74, 6) is 1.91. The van der Waals surface area contributed by atoms with Crippen LogP contribution in [0.3, 0.4) is 0 Å². The number of nitrogens with one attached hydrogen (secondary N) is 1. The molecular weight excluding hydrogens is 194 g/mol. The molecule has 0 bridgehead atoms. The fourth-order valence-electron chi connectivity index (χ4n) is 1.10. The Morgan fingerprint density at radius 2 is 2.13 bits per heavy atom. The first kappa shape index (κ1) is 11.7. The molecule has 0 atom stereocenters. The van der Waals surface area contributed by atoms with Crippen LogP contribution in [0.5, 0.6) is 5.88 Å². The Balaban J connectivity index is 2.89. The number of aromatic nitrogens is 2. The fraction of sp³-hybridized carbons (Fsp3) is 0.600. The van der Waals surface area contributed by atoms with Gasteiger partial charge in [0.05, 0.1) is 6.10 Å². The molecule has 0 radical (unpaired) electrons. The Kier molecular flexibility index (Phi) is 4.30. The highest BCUT2D eigenvalue weighted by Crippen LogP contribution is 2.14. The van der Waals surface area contributed by atoms with E-state index in [0.717, 1.165) is 5.82 Å². The van der Waals surface area contributed by atoms with Gasteiger partial charge in [-0.2, -0.15) is 4.98 Å². The summed E-state index contributed by atoms with van der Waals surface area (Å²) in [4.78, 5) is 8.43. The van der Waals surface area contributed by atoms with Crippen molar-refractivity contribution in [2.75, 3.05) is 19.5 Å². The van der Waals surface area contributed by atoms with Crippen LogP contribution in [0.15, 0.2) is 6.07 Å². The highest BCUT2D eigenvalue weighted by atomic mass is 16.5. The van der Waals surface area contributed by atoms with Crippen molar-refractivity contribution in [2.24, 2.45) is 0 Å². The van der Waals surface area contributed by atoms with Crippen molar-refractivity contribution in [1.29, 1.82) is 0 Å². The van der Waals surface area contributed by atoms with E-state index >= 15 is 0 Å². The minimum atomic E-state index is 0.0972. The maximum Gasteiger partial charge on any atom is 0.219 e. The molecule has 0 fully saturated rings. The minimum Gasteiger partial charge on any atom is -0.475 e. The third-order valence-electron chi connectivity index (χ3n) is 1.63. The Labute approximate surface area is 89.8 Å². The van der Waals surface area contributed by atoms with E-state index in [2.05, 4.69) is 15.3 Å². The average Bonchev–Trinajstić information content (AvgIpc) is 2.16. The maximum absolute atomic E-state index is 5.50. The van der Waals surface area contributed by atoms with Crippen molar-refractivity contribution in [2.45, 2.75) is 26.6 Å². The molecular formula is C10H17N3O2. The van der Waals surface area contributed by atoms with E-state index in [1.54, 1.807) is 20.2 Å². The van der Waals surface area contributed by atoms with Gasteiger partial charge in [0, 0.05) is 20.2 Å². The van der Waals surface area contributed by atoms with Gasteiger partial charge in [-0.1, -0.05) is 0 Å². The summed E-state index contributed by atoms with van der Waals surface area (Å²) >= 11 is 0. The summed E-state index contributed by atoms with van der Waals surface area (Å²) in [6, 6.07) is 1.76. The molecule has 0 aliphatic heterocycles. The molecule has 0 amide bonds. The van der Waals surface area contributed by atoms with E-state index in [-0.39, 0.29) is 6.10 Å². The first-order valence-corrected chi connectivity index (χ1v) is 4.87. The summed E-state index contributed by atoms with van der Waals surface area (Å²) < 4.78 is 10.5. The van der Waals surface area contributed by atoms with Gasteiger partial charge >= 0.3 is 0 Å². The molecule has 0 aromatic carbocycles. The molecule has 1 aromatic rings. The lowest BCUT2D eigenvalue weighted by molar-refractivity contribution is 0.174. The molecule has 0 spiro atoms. The van der Waals surface area contributed by atoms with Crippen molar-refractivity contribution < 1.29 is 9.47 Å². The molecule has 1 aromatic heterocycles. The maximum atomic E-state index is 5.50. The molecule has 1 rings (SSSR count). The van der Waals surface area contributed by atoms with Gasteiger partial charge in [0.25, 0.3) is 0 Å². The van der Waals surface area contributed by atoms with Crippen LogP contribution in [0.1, 0.15) is 19.7 Å². The molecule has 84 valence electrons. The lowest BCUT2D eigenvalue weighted by Crippen LogP contribution is -2.10. The van der Waals surface area contributed by atoms with Crippen molar-refractivity contribution in [3.63, 3.8) is 0 Å². The highest BCUT2D eigenvalue weighted by Gasteiger charge is 2.05. The summed E-state index contributed by atoms with van der Waals surface area (Å²) in [6.07, 6.45) is 0.0972. The molecule has 0 aliphatic rings. The summed E-state index contributed by atoms with van der Waals surface area (Å²) in [6.45, 7) is 4.29. The number of rotatable bonds is 5. The third kappa shape index (κ3) is 3.71. The number of ether oxygens (including phenoxy) is 2. The van der Waals surface area contributed by atoms with Gasteiger partial charge in [-0.3, -0.25) is 0 Å². The molecule has 1 N–H and O–H groups in total. The standard InChI is InChI=1S/C10H17N3O2/c1-7(2)15-10-5-8(11-3)12-9(13-10)6-14-4/h5,7H,6H2,1-4H3,(H,11,12,13). The second-order valence-corrected chi connectivity index (χ2v) is 3.36. The van der Waals surface area contributed by atoms with Crippen LogP contribution in [0.4, 0.5) is 5.82 Å². The normalized spacial score (nSPS) is 10.5. The first-order chi connectivity index (χ1) is 7.15. The molecule has 0 unspecified atom stereocenters. The van der Waals surface area contributed by atoms with Crippen molar-refractivity contribution in [3.05, 3.63) is 11.9 Å². The summed E-state index contributed by atoms with van der Waals surface area (Å²) in [7, 11) is 3.41. The fourth-order valence-corrected chi connectivity index (χ4v) is 1.10. The molecule has 0 saturated carbocycles. The predicted octanol–water partition coefficient (Wildman–Crippen LogP) is 1.45. The smallest absolute Gasteiger partial charge is 0.219 e. The predicted molar refractivity (Wildman–Crippen MR) is 58.1 cm³/mol. The zero-order valence-corrected chi connectivity index (χ0v) is 9.57. The Morgan fingerprint density at radius 3 is 2.67 bits per heavy atom. The number of methoxy groups -OCH3 is 1. The molecule has 0 saturated heterocycles. The van der Waals surface area contributed by atoms with Crippen LogP contribution in [0, 0.1) is 0 Å². The van der Waals surface area contributed by atoms with E-state index in [1.165, 1.54) is 0 Å². The van der Waals surface area contributed by atoms with Gasteiger partial charge in [-0.15, -0.1) is 0 Å². The number of hydrogen-bond donors (Lipinski definition) is 1. The third-order valence-corrected chi connectivity index (χ3v) is 1.63. The molecule has 1 heterocycles. The summed E-state index contributed by atoms with van der Waals surface area (Å²) in [5, 5.41) is 2.95. The van der Waals surface area contributed by atoms with Crippen molar-refractivity contribution in [3.8, 4) is 5.88 Å². The second-order valence-electron chi connectivity index (χ2n) is 3.36. The van der Waals surface area contributed by atoms with Crippen LogP contribution >= 0.6 is 0 Å². The van der Waals surface area contributed by atoms with Gasteiger partial charge in [-0.05, 0) is 13.8 Å². The Hall–Kier alpha value is -1.36. The monoisotopic (exact) mass is 211 g/mol. The Bertz CT molecular complexity index is 316. The van der Waals surface area contributed by atoms with Gasteiger partial charge in [0.1, 0.15) is 12.4 Å². The average molecular weight is 211 g/mol. The second kappa shape index (κ2) is 5.50. The van der Waals surface area contributed by atoms with E-state index in [4.69, 9.17) is 9.47 Å².